The van der Waals surface area contributed by atoms with Gasteiger partial charge in [-0.25, -0.2) is 9.97 Å². The number of hydrogen-bond donors (Lipinski definition) is 2. The van der Waals surface area contributed by atoms with Crippen molar-refractivity contribution in [3.05, 3.63) is 23.7 Å². The maximum absolute atomic E-state index is 11.3. The number of rotatable bonds is 5. The number of nitrogens with one attached hydrogen (secondary N) is 1. The van der Waals surface area contributed by atoms with Gasteiger partial charge in [-0.2, -0.15) is 0 Å². The highest BCUT2D eigenvalue weighted by atomic mass is 35.5. The molecular formula is C10H13ClN4O2. The Labute approximate surface area is 104 Å². The normalized spacial score (nSPS) is 11.9. The van der Waals surface area contributed by atoms with Crippen molar-refractivity contribution in [3.63, 3.8) is 0 Å². The van der Waals surface area contributed by atoms with Crippen LogP contribution >= 0.6 is 11.6 Å². The standard InChI is InChI=1S/C10H13ClN4O2/c1-4-5-6(8(12)16)14-10(7(11)17-3)15-9(5)13-2/h4,7H,1H2,2-3H3,(H2,12,16)(H,13,14,15). The minimum absolute atomic E-state index is 0.0528. The molecule has 1 aromatic rings. The van der Waals surface area contributed by atoms with Gasteiger partial charge >= 0.3 is 0 Å². The first-order chi connectivity index (χ1) is 8.04. The molecule has 0 aliphatic heterocycles. The molecule has 0 fully saturated rings. The Morgan fingerprint density at radius 3 is 2.71 bits per heavy atom. The lowest BCUT2D eigenvalue weighted by atomic mass is 10.2. The highest BCUT2D eigenvalue weighted by Crippen LogP contribution is 2.23. The number of halogens is 1. The zero-order valence-corrected chi connectivity index (χ0v) is 10.3. The fraction of sp³-hybridized carbons (Fsp3) is 0.300. The van der Waals surface area contributed by atoms with Crippen LogP contribution in [0.25, 0.3) is 6.08 Å². The molecule has 1 aromatic heterocycles. The molecule has 1 unspecified atom stereocenters. The van der Waals surface area contributed by atoms with Gasteiger partial charge in [0, 0.05) is 19.7 Å². The number of amides is 1. The van der Waals surface area contributed by atoms with Crippen LogP contribution in [0, 0.1) is 0 Å². The highest BCUT2D eigenvalue weighted by Gasteiger charge is 2.19. The van der Waals surface area contributed by atoms with Crippen molar-refractivity contribution in [2.24, 2.45) is 5.73 Å². The fourth-order valence-electron chi connectivity index (χ4n) is 1.27. The third kappa shape index (κ3) is 2.72. The van der Waals surface area contributed by atoms with E-state index in [1.54, 1.807) is 7.05 Å². The first-order valence-electron chi connectivity index (χ1n) is 4.73. The monoisotopic (exact) mass is 256 g/mol. The topological polar surface area (TPSA) is 90.1 Å². The van der Waals surface area contributed by atoms with E-state index in [-0.39, 0.29) is 11.5 Å². The van der Waals surface area contributed by atoms with Crippen LogP contribution in [0.2, 0.25) is 0 Å². The molecule has 6 nitrogen and oxygen atoms in total. The molecule has 0 spiro atoms. The summed E-state index contributed by atoms with van der Waals surface area (Å²) >= 11 is 5.84. The first-order valence-corrected chi connectivity index (χ1v) is 5.17. The van der Waals surface area contributed by atoms with Crippen molar-refractivity contribution in [1.82, 2.24) is 9.97 Å². The van der Waals surface area contributed by atoms with Crippen molar-refractivity contribution < 1.29 is 9.53 Å². The van der Waals surface area contributed by atoms with Crippen LogP contribution in [0.5, 0.6) is 0 Å². The summed E-state index contributed by atoms with van der Waals surface area (Å²) in [6.45, 7) is 3.59. The Morgan fingerprint density at radius 2 is 2.29 bits per heavy atom. The Morgan fingerprint density at radius 1 is 1.65 bits per heavy atom. The molecule has 3 N–H and O–H groups in total. The molecule has 7 heteroatoms. The van der Waals surface area contributed by atoms with E-state index in [1.165, 1.54) is 13.2 Å². The minimum atomic E-state index is -0.848. The lowest BCUT2D eigenvalue weighted by Crippen LogP contribution is -2.19. The van der Waals surface area contributed by atoms with Gasteiger partial charge in [-0.1, -0.05) is 24.3 Å². The second kappa shape index (κ2) is 5.60. The molecule has 0 aliphatic rings. The molecule has 1 heterocycles. The predicted molar refractivity (Wildman–Crippen MR) is 65.8 cm³/mol. The molecule has 17 heavy (non-hydrogen) atoms. The summed E-state index contributed by atoms with van der Waals surface area (Å²) in [7, 11) is 3.06. The number of anilines is 1. The largest absolute Gasteiger partial charge is 0.373 e. The van der Waals surface area contributed by atoms with Gasteiger partial charge in [0.1, 0.15) is 11.5 Å². The Kier molecular flexibility index (Phi) is 4.42. The summed E-state index contributed by atoms with van der Waals surface area (Å²) in [4.78, 5) is 19.4. The van der Waals surface area contributed by atoms with Crippen LogP contribution in [-0.4, -0.2) is 30.0 Å². The Bertz CT molecular complexity index is 450. The van der Waals surface area contributed by atoms with E-state index < -0.39 is 11.5 Å². The summed E-state index contributed by atoms with van der Waals surface area (Å²) in [6, 6.07) is 0. The van der Waals surface area contributed by atoms with Crippen LogP contribution in [0.4, 0.5) is 5.82 Å². The van der Waals surface area contributed by atoms with Crippen molar-refractivity contribution in [1.29, 1.82) is 0 Å². The number of carbonyl (C=O) groups excluding carboxylic acids is 1. The van der Waals surface area contributed by atoms with E-state index in [0.717, 1.165) is 0 Å². The number of nitrogens with two attached hydrogens (primary N) is 1. The van der Waals surface area contributed by atoms with Gasteiger partial charge in [0.2, 0.25) is 0 Å². The number of hydrogen-bond acceptors (Lipinski definition) is 5. The average Bonchev–Trinajstić information content (AvgIpc) is 2.35. The van der Waals surface area contributed by atoms with Crippen LogP contribution in [0.1, 0.15) is 27.4 Å². The lowest BCUT2D eigenvalue weighted by Gasteiger charge is -2.12. The van der Waals surface area contributed by atoms with Crippen LogP contribution in [0.15, 0.2) is 6.58 Å². The molecule has 1 atom stereocenters. The predicted octanol–water partition coefficient (Wildman–Crippen LogP) is 1.14. The maximum Gasteiger partial charge on any atom is 0.268 e. The molecule has 0 aliphatic carbocycles. The minimum Gasteiger partial charge on any atom is -0.373 e. The lowest BCUT2D eigenvalue weighted by molar-refractivity contribution is 0.0993. The summed E-state index contributed by atoms with van der Waals surface area (Å²) in [5.74, 6) is -0.0977. The maximum atomic E-state index is 11.3. The van der Waals surface area contributed by atoms with Gasteiger partial charge in [0.25, 0.3) is 5.91 Å². The van der Waals surface area contributed by atoms with Crippen molar-refractivity contribution >= 4 is 29.4 Å². The zero-order valence-electron chi connectivity index (χ0n) is 9.53. The number of nitrogens with zero attached hydrogens (tertiary/aromatic N) is 2. The van der Waals surface area contributed by atoms with Crippen molar-refractivity contribution in [2.75, 3.05) is 19.5 Å². The molecular weight excluding hydrogens is 244 g/mol. The third-order valence-electron chi connectivity index (χ3n) is 2.05. The molecule has 0 radical (unpaired) electrons. The molecule has 0 bridgehead atoms. The van der Waals surface area contributed by atoms with Crippen molar-refractivity contribution in [2.45, 2.75) is 5.56 Å². The van der Waals surface area contributed by atoms with Gasteiger partial charge in [-0.15, -0.1) is 0 Å². The Hall–Kier alpha value is -1.66. The number of ether oxygens (including phenoxy) is 1. The Balaban J connectivity index is 3.45. The van der Waals surface area contributed by atoms with Crippen molar-refractivity contribution in [3.8, 4) is 0 Å². The molecule has 1 amide bonds. The highest BCUT2D eigenvalue weighted by molar-refractivity contribution is 6.19. The van der Waals surface area contributed by atoms with Crippen LogP contribution < -0.4 is 11.1 Å². The smallest absolute Gasteiger partial charge is 0.268 e. The van der Waals surface area contributed by atoms with E-state index >= 15 is 0 Å². The first kappa shape index (κ1) is 13.4. The van der Waals surface area contributed by atoms with Crippen LogP contribution in [0.3, 0.4) is 0 Å². The number of aromatic nitrogens is 2. The zero-order chi connectivity index (χ0) is 13.0. The van der Waals surface area contributed by atoms with E-state index in [4.69, 9.17) is 22.1 Å². The number of alkyl halides is 1. The molecule has 92 valence electrons. The van der Waals surface area contributed by atoms with E-state index in [9.17, 15) is 4.79 Å². The summed E-state index contributed by atoms with van der Waals surface area (Å²) in [5.41, 5.74) is 4.87. The molecule has 1 rings (SSSR count). The van der Waals surface area contributed by atoms with Gasteiger partial charge in [0.05, 0.1) is 0 Å². The summed E-state index contributed by atoms with van der Waals surface area (Å²) in [6.07, 6.45) is 1.45. The van der Waals surface area contributed by atoms with Gasteiger partial charge in [-0.3, -0.25) is 4.79 Å². The van der Waals surface area contributed by atoms with E-state index in [1.807, 2.05) is 0 Å². The number of carbonyl (C=O) groups is 1. The van der Waals surface area contributed by atoms with E-state index in [0.29, 0.717) is 11.4 Å². The van der Waals surface area contributed by atoms with Gasteiger partial charge in [-0.05, 0) is 0 Å². The van der Waals surface area contributed by atoms with Gasteiger partial charge < -0.3 is 15.8 Å². The molecule has 0 saturated carbocycles. The second-order valence-electron chi connectivity index (χ2n) is 3.06. The quantitative estimate of drug-likeness (QED) is 0.771. The summed E-state index contributed by atoms with van der Waals surface area (Å²) in [5, 5.41) is 2.82. The van der Waals surface area contributed by atoms with Gasteiger partial charge in [0.15, 0.2) is 11.4 Å². The third-order valence-corrected chi connectivity index (χ3v) is 2.42. The fourth-order valence-corrected chi connectivity index (χ4v) is 1.36. The SMILES string of the molecule is C=Cc1c(NC)nc(C(Cl)OC)nc1C(N)=O. The van der Waals surface area contributed by atoms with E-state index in [2.05, 4.69) is 21.9 Å². The van der Waals surface area contributed by atoms with Crippen LogP contribution in [-0.2, 0) is 4.74 Å². The second-order valence-corrected chi connectivity index (χ2v) is 3.46. The average molecular weight is 257 g/mol. The molecule has 0 aromatic carbocycles. The number of methoxy groups -OCH3 is 1. The number of primary amides is 1. The molecule has 0 saturated heterocycles. The summed E-state index contributed by atoms with van der Waals surface area (Å²) < 4.78 is 4.88.